The van der Waals surface area contributed by atoms with E-state index < -0.39 is 5.79 Å². The molecule has 0 N–H and O–H groups in total. The van der Waals surface area contributed by atoms with Crippen molar-refractivity contribution in [3.8, 4) is 0 Å². The predicted octanol–water partition coefficient (Wildman–Crippen LogP) is 2.71. The first kappa shape index (κ1) is 14.3. The minimum absolute atomic E-state index is 0.300. The Morgan fingerprint density at radius 1 is 1.10 bits per heavy atom. The molecule has 0 bridgehead atoms. The van der Waals surface area contributed by atoms with Crippen LogP contribution in [0.5, 0.6) is 0 Å². The van der Waals surface area contributed by atoms with Crippen molar-refractivity contribution in [1.82, 2.24) is 4.90 Å². The Bertz CT molecular complexity index is 333. The van der Waals surface area contributed by atoms with Crippen LogP contribution in [0, 0.1) is 5.92 Å². The van der Waals surface area contributed by atoms with Gasteiger partial charge in [0.05, 0.1) is 19.8 Å². The van der Waals surface area contributed by atoms with Crippen molar-refractivity contribution in [2.45, 2.75) is 63.6 Å². The highest BCUT2D eigenvalue weighted by Gasteiger charge is 2.41. The largest absolute Gasteiger partial charge is 0.346 e. The lowest BCUT2D eigenvalue weighted by molar-refractivity contribution is -0.193. The molecule has 1 aliphatic carbocycles. The summed E-state index contributed by atoms with van der Waals surface area (Å²) in [6, 6.07) is 0. The van der Waals surface area contributed by atoms with E-state index in [2.05, 4.69) is 0 Å². The summed E-state index contributed by atoms with van der Waals surface area (Å²) < 4.78 is 11.5. The fourth-order valence-electron chi connectivity index (χ4n) is 3.90. The Balaban J connectivity index is 1.46. The molecule has 0 radical (unpaired) electrons. The van der Waals surface area contributed by atoms with Crippen LogP contribution in [0.4, 0.5) is 0 Å². The fraction of sp³-hybridized carbons (Fsp3) is 0.938. The first-order chi connectivity index (χ1) is 9.77. The molecule has 0 aromatic rings. The molecule has 3 fully saturated rings. The minimum atomic E-state index is -0.473. The Morgan fingerprint density at radius 3 is 2.60 bits per heavy atom. The fourth-order valence-corrected chi connectivity index (χ4v) is 3.90. The van der Waals surface area contributed by atoms with Gasteiger partial charge in [0, 0.05) is 19.4 Å². The van der Waals surface area contributed by atoms with Gasteiger partial charge in [-0.05, 0) is 18.8 Å². The van der Waals surface area contributed by atoms with Crippen molar-refractivity contribution in [3.05, 3.63) is 0 Å². The van der Waals surface area contributed by atoms with Crippen LogP contribution in [-0.2, 0) is 14.3 Å². The number of hydrogen-bond acceptors (Lipinski definition) is 3. The first-order valence-corrected chi connectivity index (χ1v) is 8.33. The molecule has 4 heteroatoms. The molecular formula is C16H27NO3. The molecule has 0 aromatic carbocycles. The van der Waals surface area contributed by atoms with Gasteiger partial charge >= 0.3 is 0 Å². The molecule has 1 amide bonds. The lowest BCUT2D eigenvalue weighted by atomic mass is 9.86. The summed E-state index contributed by atoms with van der Waals surface area (Å²) in [6.07, 6.45) is 10.4. The lowest BCUT2D eigenvalue weighted by Gasteiger charge is -2.38. The summed E-state index contributed by atoms with van der Waals surface area (Å²) in [7, 11) is 0. The van der Waals surface area contributed by atoms with E-state index in [-0.39, 0.29) is 0 Å². The Kier molecular flexibility index (Phi) is 4.61. The van der Waals surface area contributed by atoms with E-state index in [1.165, 1.54) is 32.1 Å². The van der Waals surface area contributed by atoms with Gasteiger partial charge in [-0.15, -0.1) is 0 Å². The molecule has 3 aliphatic rings. The first-order valence-electron chi connectivity index (χ1n) is 8.33. The van der Waals surface area contributed by atoms with Crippen molar-refractivity contribution in [1.29, 1.82) is 0 Å². The normalized spacial score (nSPS) is 27.1. The molecule has 20 heavy (non-hydrogen) atoms. The topological polar surface area (TPSA) is 38.8 Å². The second kappa shape index (κ2) is 6.44. The Hall–Kier alpha value is -0.610. The van der Waals surface area contributed by atoms with Gasteiger partial charge in [-0.1, -0.05) is 32.1 Å². The van der Waals surface area contributed by atoms with Gasteiger partial charge in [-0.25, -0.2) is 0 Å². The monoisotopic (exact) mass is 281 g/mol. The van der Waals surface area contributed by atoms with Crippen LogP contribution < -0.4 is 0 Å². The molecule has 3 rings (SSSR count). The second-order valence-corrected chi connectivity index (χ2v) is 6.57. The summed E-state index contributed by atoms with van der Waals surface area (Å²) in [4.78, 5) is 14.4. The second-order valence-electron chi connectivity index (χ2n) is 6.57. The third-order valence-corrected chi connectivity index (χ3v) is 5.07. The van der Waals surface area contributed by atoms with Crippen LogP contribution in [0.2, 0.25) is 0 Å². The Labute approximate surface area is 121 Å². The molecule has 4 nitrogen and oxygen atoms in total. The summed E-state index contributed by atoms with van der Waals surface area (Å²) in [5.41, 5.74) is 0. The highest BCUT2D eigenvalue weighted by Crippen LogP contribution is 2.31. The summed E-state index contributed by atoms with van der Waals surface area (Å²) in [5, 5.41) is 0. The minimum Gasteiger partial charge on any atom is -0.346 e. The van der Waals surface area contributed by atoms with Gasteiger partial charge in [0.1, 0.15) is 0 Å². The number of hydrogen-bond donors (Lipinski definition) is 0. The van der Waals surface area contributed by atoms with E-state index in [0.717, 1.165) is 31.7 Å². The van der Waals surface area contributed by atoms with Crippen LogP contribution >= 0.6 is 0 Å². The average Bonchev–Trinajstić information content (AvgIpc) is 2.93. The van der Waals surface area contributed by atoms with Gasteiger partial charge in [-0.2, -0.15) is 0 Å². The van der Waals surface area contributed by atoms with Crippen LogP contribution in [-0.4, -0.2) is 42.9 Å². The van der Waals surface area contributed by atoms with Gasteiger partial charge in [0.25, 0.3) is 0 Å². The predicted molar refractivity (Wildman–Crippen MR) is 76.3 cm³/mol. The van der Waals surface area contributed by atoms with Crippen LogP contribution in [0.25, 0.3) is 0 Å². The van der Waals surface area contributed by atoms with E-state index in [9.17, 15) is 4.79 Å². The molecule has 2 heterocycles. The van der Waals surface area contributed by atoms with E-state index in [1.54, 1.807) is 0 Å². The molecule has 114 valence electrons. The number of ether oxygens (including phenoxy) is 2. The summed E-state index contributed by atoms with van der Waals surface area (Å²) in [5.74, 6) is 0.609. The number of likely N-dealkylation sites (tertiary alicyclic amines) is 1. The van der Waals surface area contributed by atoms with Crippen molar-refractivity contribution in [2.24, 2.45) is 5.92 Å². The molecule has 2 aliphatic heterocycles. The van der Waals surface area contributed by atoms with E-state index in [1.807, 2.05) is 4.90 Å². The van der Waals surface area contributed by atoms with Crippen molar-refractivity contribution in [3.63, 3.8) is 0 Å². The highest BCUT2D eigenvalue weighted by atomic mass is 16.7. The average molecular weight is 281 g/mol. The van der Waals surface area contributed by atoms with Crippen LogP contribution in [0.3, 0.4) is 0 Å². The van der Waals surface area contributed by atoms with E-state index in [0.29, 0.717) is 32.1 Å². The number of nitrogens with zero attached hydrogens (tertiary/aromatic N) is 1. The number of piperidine rings is 1. The third-order valence-electron chi connectivity index (χ3n) is 5.07. The van der Waals surface area contributed by atoms with Crippen LogP contribution in [0.1, 0.15) is 57.8 Å². The molecule has 0 aromatic heterocycles. The maximum absolute atomic E-state index is 12.4. The number of carbonyl (C=O) groups is 1. The maximum Gasteiger partial charge on any atom is 0.222 e. The quantitative estimate of drug-likeness (QED) is 0.798. The molecule has 1 spiro atoms. The van der Waals surface area contributed by atoms with Crippen molar-refractivity contribution in [2.75, 3.05) is 26.3 Å². The van der Waals surface area contributed by atoms with Gasteiger partial charge in [0.2, 0.25) is 5.91 Å². The van der Waals surface area contributed by atoms with Gasteiger partial charge in [-0.3, -0.25) is 4.79 Å². The third kappa shape index (κ3) is 3.34. The van der Waals surface area contributed by atoms with E-state index in [4.69, 9.17) is 9.47 Å². The number of amides is 1. The van der Waals surface area contributed by atoms with E-state index >= 15 is 0 Å². The molecule has 0 atom stereocenters. The van der Waals surface area contributed by atoms with Crippen LogP contribution in [0.15, 0.2) is 0 Å². The number of rotatable bonds is 3. The molecule has 0 unspecified atom stereocenters. The lowest BCUT2D eigenvalue weighted by Crippen LogP contribution is -2.51. The SMILES string of the molecule is O=C(CCC1CCCCC1)N1CCCC2(C1)OCCO2. The van der Waals surface area contributed by atoms with Gasteiger partial charge in [0.15, 0.2) is 5.79 Å². The standard InChI is InChI=1S/C16H27NO3/c18-15(8-7-14-5-2-1-3-6-14)17-10-4-9-16(13-17)19-11-12-20-16/h14H,1-13H2. The zero-order valence-electron chi connectivity index (χ0n) is 12.4. The highest BCUT2D eigenvalue weighted by molar-refractivity contribution is 5.76. The summed E-state index contributed by atoms with van der Waals surface area (Å²) in [6.45, 7) is 2.85. The zero-order valence-corrected chi connectivity index (χ0v) is 12.4. The van der Waals surface area contributed by atoms with Crippen molar-refractivity contribution < 1.29 is 14.3 Å². The smallest absolute Gasteiger partial charge is 0.222 e. The molecule has 1 saturated carbocycles. The van der Waals surface area contributed by atoms with Gasteiger partial charge < -0.3 is 14.4 Å². The number of carbonyl (C=O) groups excluding carboxylic acids is 1. The molecule has 2 saturated heterocycles. The van der Waals surface area contributed by atoms with Crippen molar-refractivity contribution >= 4 is 5.91 Å². The Morgan fingerprint density at radius 2 is 1.85 bits per heavy atom. The summed E-state index contributed by atoms with van der Waals surface area (Å²) >= 11 is 0. The zero-order chi connectivity index (χ0) is 13.8. The molecular weight excluding hydrogens is 254 g/mol. The maximum atomic E-state index is 12.4.